The molecule has 1 heterocycles. The average molecular weight is 372 g/mol. The van der Waals surface area contributed by atoms with Crippen molar-refractivity contribution >= 4 is 34.8 Å². The van der Waals surface area contributed by atoms with Gasteiger partial charge in [0.2, 0.25) is 0 Å². The first kappa shape index (κ1) is 18.3. The van der Waals surface area contributed by atoms with Crippen LogP contribution in [0.15, 0.2) is 42.5 Å². The summed E-state index contributed by atoms with van der Waals surface area (Å²) in [6.07, 6.45) is 0. The summed E-state index contributed by atoms with van der Waals surface area (Å²) in [6.45, 7) is 6.23. The number of hydrogen-bond acceptors (Lipinski definition) is 3. The highest BCUT2D eigenvalue weighted by Gasteiger charge is 2.22. The minimum atomic E-state index is -0.109. The first-order valence-corrected chi connectivity index (χ1v) is 9.00. The third-order valence-electron chi connectivity index (χ3n) is 4.72. The molecule has 2 amide bonds. The maximum absolute atomic E-state index is 12.5. The number of amides is 2. The third kappa shape index (κ3) is 3.99. The van der Waals surface area contributed by atoms with E-state index in [2.05, 4.69) is 10.2 Å². The molecule has 2 aromatic rings. The van der Waals surface area contributed by atoms with Crippen LogP contribution in [0.1, 0.15) is 22.8 Å². The summed E-state index contributed by atoms with van der Waals surface area (Å²) < 4.78 is 0. The van der Waals surface area contributed by atoms with Gasteiger partial charge in [-0.05, 0) is 55.8 Å². The van der Waals surface area contributed by atoms with E-state index >= 15 is 0 Å². The van der Waals surface area contributed by atoms with Gasteiger partial charge in [0.05, 0.1) is 0 Å². The Bertz CT molecular complexity index is 812. The topological polar surface area (TPSA) is 52.7 Å². The highest BCUT2D eigenvalue weighted by Crippen LogP contribution is 2.24. The first-order chi connectivity index (χ1) is 12.5. The Hall–Kier alpha value is -2.53. The lowest BCUT2D eigenvalue weighted by atomic mass is 10.1. The second-order valence-electron chi connectivity index (χ2n) is 6.42. The largest absolute Gasteiger partial charge is 0.368 e. The molecule has 6 heteroatoms. The summed E-state index contributed by atoms with van der Waals surface area (Å²) in [4.78, 5) is 27.9. The maximum atomic E-state index is 12.5. The van der Waals surface area contributed by atoms with Crippen molar-refractivity contribution in [2.24, 2.45) is 0 Å². The number of urea groups is 1. The Balaban J connectivity index is 1.58. The lowest BCUT2D eigenvalue weighted by Crippen LogP contribution is -2.50. The molecule has 1 aliphatic heterocycles. The van der Waals surface area contributed by atoms with Gasteiger partial charge < -0.3 is 15.1 Å². The summed E-state index contributed by atoms with van der Waals surface area (Å²) in [5.74, 6) is 0.0642. The van der Waals surface area contributed by atoms with Gasteiger partial charge in [-0.2, -0.15) is 0 Å². The summed E-state index contributed by atoms with van der Waals surface area (Å²) in [5.41, 5.74) is 3.39. The fourth-order valence-corrected chi connectivity index (χ4v) is 3.19. The number of ketones is 1. The van der Waals surface area contributed by atoms with Crippen molar-refractivity contribution in [2.75, 3.05) is 36.4 Å². The molecule has 1 fully saturated rings. The summed E-state index contributed by atoms with van der Waals surface area (Å²) in [5, 5.41) is 3.58. The number of rotatable bonds is 3. The molecule has 0 radical (unpaired) electrons. The minimum Gasteiger partial charge on any atom is -0.368 e. The Labute approximate surface area is 158 Å². The van der Waals surface area contributed by atoms with Crippen molar-refractivity contribution in [3.8, 4) is 0 Å². The van der Waals surface area contributed by atoms with Crippen molar-refractivity contribution in [1.29, 1.82) is 0 Å². The lowest BCUT2D eigenvalue weighted by Gasteiger charge is -2.36. The number of nitrogens with one attached hydrogen (secondary N) is 1. The van der Waals surface area contributed by atoms with Gasteiger partial charge in [-0.15, -0.1) is 0 Å². The van der Waals surface area contributed by atoms with Crippen LogP contribution in [0.5, 0.6) is 0 Å². The van der Waals surface area contributed by atoms with Crippen molar-refractivity contribution in [1.82, 2.24) is 4.90 Å². The highest BCUT2D eigenvalue weighted by atomic mass is 35.5. The standard InChI is InChI=1S/C20H22ClN3O2/c1-14-18(21)4-3-5-19(14)22-20(26)24-12-10-23(11-13-24)17-8-6-16(7-9-17)15(2)25/h3-9H,10-13H2,1-2H3,(H,22,26). The second-order valence-corrected chi connectivity index (χ2v) is 6.83. The van der Waals surface area contributed by atoms with Gasteiger partial charge in [-0.25, -0.2) is 4.79 Å². The zero-order chi connectivity index (χ0) is 18.7. The molecule has 0 saturated carbocycles. The molecule has 3 rings (SSSR count). The molecule has 26 heavy (non-hydrogen) atoms. The van der Waals surface area contributed by atoms with Gasteiger partial charge in [0.15, 0.2) is 5.78 Å². The number of carbonyl (C=O) groups excluding carboxylic acids is 2. The van der Waals surface area contributed by atoms with Crippen molar-refractivity contribution in [3.63, 3.8) is 0 Å². The van der Waals surface area contributed by atoms with E-state index in [9.17, 15) is 9.59 Å². The number of hydrogen-bond donors (Lipinski definition) is 1. The Morgan fingerprint density at radius 3 is 2.27 bits per heavy atom. The maximum Gasteiger partial charge on any atom is 0.321 e. The van der Waals surface area contributed by atoms with Crippen LogP contribution in [0, 0.1) is 6.92 Å². The van der Waals surface area contributed by atoms with Crippen LogP contribution < -0.4 is 10.2 Å². The molecule has 5 nitrogen and oxygen atoms in total. The van der Waals surface area contributed by atoms with E-state index in [1.165, 1.54) is 0 Å². The van der Waals surface area contributed by atoms with E-state index in [1.807, 2.05) is 49.4 Å². The van der Waals surface area contributed by atoms with Crippen molar-refractivity contribution in [2.45, 2.75) is 13.8 Å². The van der Waals surface area contributed by atoms with Crippen molar-refractivity contribution in [3.05, 3.63) is 58.6 Å². The predicted molar refractivity (Wildman–Crippen MR) is 105 cm³/mol. The van der Waals surface area contributed by atoms with E-state index in [0.717, 1.165) is 30.0 Å². The molecule has 1 N–H and O–H groups in total. The SMILES string of the molecule is CC(=O)c1ccc(N2CCN(C(=O)Nc3cccc(Cl)c3C)CC2)cc1. The molecule has 1 aliphatic rings. The molecule has 2 aromatic carbocycles. The molecular weight excluding hydrogens is 350 g/mol. The van der Waals surface area contributed by atoms with Crippen LogP contribution in [0.4, 0.5) is 16.2 Å². The average Bonchev–Trinajstić information content (AvgIpc) is 2.65. The van der Waals surface area contributed by atoms with E-state index < -0.39 is 0 Å². The molecule has 0 atom stereocenters. The summed E-state index contributed by atoms with van der Waals surface area (Å²) in [7, 11) is 0. The number of carbonyl (C=O) groups is 2. The van der Waals surface area contributed by atoms with E-state index in [4.69, 9.17) is 11.6 Å². The minimum absolute atomic E-state index is 0.0642. The molecule has 1 saturated heterocycles. The molecule has 0 aliphatic carbocycles. The Morgan fingerprint density at radius 1 is 1.00 bits per heavy atom. The predicted octanol–water partition coefficient (Wildman–Crippen LogP) is 4.21. The van der Waals surface area contributed by atoms with Crippen LogP contribution in [0.2, 0.25) is 5.02 Å². The first-order valence-electron chi connectivity index (χ1n) is 8.62. The fraction of sp³-hybridized carbons (Fsp3) is 0.300. The van der Waals surface area contributed by atoms with Crippen LogP contribution in [0.3, 0.4) is 0 Å². The quantitative estimate of drug-likeness (QED) is 0.822. The summed E-state index contributed by atoms with van der Waals surface area (Å²) >= 11 is 6.11. The van der Waals surface area contributed by atoms with Gasteiger partial charge in [-0.1, -0.05) is 17.7 Å². The Morgan fingerprint density at radius 2 is 1.65 bits per heavy atom. The molecule has 0 unspecified atom stereocenters. The zero-order valence-corrected chi connectivity index (χ0v) is 15.7. The molecule has 0 aromatic heterocycles. The van der Waals surface area contributed by atoms with E-state index in [-0.39, 0.29) is 11.8 Å². The van der Waals surface area contributed by atoms with E-state index in [1.54, 1.807) is 11.8 Å². The van der Waals surface area contributed by atoms with Gasteiger partial charge in [0.1, 0.15) is 0 Å². The molecule has 0 spiro atoms. The van der Waals surface area contributed by atoms with Crippen LogP contribution in [0.25, 0.3) is 0 Å². The monoisotopic (exact) mass is 371 g/mol. The van der Waals surface area contributed by atoms with Crippen molar-refractivity contribution < 1.29 is 9.59 Å². The molecule has 136 valence electrons. The van der Waals surface area contributed by atoms with Crippen LogP contribution in [-0.2, 0) is 0 Å². The number of Topliss-reactive ketones (excluding diaryl/α,β-unsaturated/α-hetero) is 1. The smallest absolute Gasteiger partial charge is 0.321 e. The number of anilines is 2. The Kier molecular flexibility index (Phi) is 5.47. The molecular formula is C20H22ClN3O2. The van der Waals surface area contributed by atoms with Gasteiger partial charge in [0.25, 0.3) is 0 Å². The lowest BCUT2D eigenvalue weighted by molar-refractivity contribution is 0.101. The number of benzene rings is 2. The van der Waals surface area contributed by atoms with Gasteiger partial charge >= 0.3 is 6.03 Å². The zero-order valence-electron chi connectivity index (χ0n) is 15.0. The number of nitrogens with zero attached hydrogens (tertiary/aromatic N) is 2. The number of piperazine rings is 1. The normalized spacial score (nSPS) is 14.3. The van der Waals surface area contributed by atoms with Crippen LogP contribution >= 0.6 is 11.6 Å². The van der Waals surface area contributed by atoms with E-state index in [0.29, 0.717) is 23.7 Å². The third-order valence-corrected chi connectivity index (χ3v) is 5.12. The second kappa shape index (κ2) is 7.79. The summed E-state index contributed by atoms with van der Waals surface area (Å²) in [6, 6.07) is 13.0. The van der Waals surface area contributed by atoms with Gasteiger partial charge in [-0.3, -0.25) is 4.79 Å². The highest BCUT2D eigenvalue weighted by molar-refractivity contribution is 6.31. The van der Waals surface area contributed by atoms with Crippen LogP contribution in [-0.4, -0.2) is 42.9 Å². The molecule has 0 bridgehead atoms. The number of halogens is 1. The fourth-order valence-electron chi connectivity index (χ4n) is 3.01. The van der Waals surface area contributed by atoms with Gasteiger partial charge in [0, 0.05) is 48.1 Å².